The van der Waals surface area contributed by atoms with Gasteiger partial charge in [-0.25, -0.2) is 0 Å². The minimum Gasteiger partial charge on any atom is -0.381 e. The van der Waals surface area contributed by atoms with Crippen LogP contribution in [0.3, 0.4) is 0 Å². The monoisotopic (exact) mass is 395 g/mol. The Morgan fingerprint density at radius 1 is 1.00 bits per heavy atom. The number of nitrogens with one attached hydrogen (secondary N) is 2. The summed E-state index contributed by atoms with van der Waals surface area (Å²) in [5.41, 5.74) is 6.91. The zero-order chi connectivity index (χ0) is 21.4. The van der Waals surface area contributed by atoms with Crippen LogP contribution in [0.5, 0.6) is 0 Å². The summed E-state index contributed by atoms with van der Waals surface area (Å²) in [7, 11) is 0. The first-order chi connectivity index (χ1) is 13.8. The van der Waals surface area contributed by atoms with Crippen LogP contribution in [0.25, 0.3) is 0 Å². The average molecular weight is 395 g/mol. The van der Waals surface area contributed by atoms with Crippen molar-refractivity contribution in [1.29, 1.82) is 0 Å². The van der Waals surface area contributed by atoms with Crippen molar-refractivity contribution in [2.45, 2.75) is 31.5 Å². The second-order valence-electron chi connectivity index (χ2n) is 6.80. The van der Waals surface area contributed by atoms with Gasteiger partial charge in [-0.2, -0.15) is 0 Å². The van der Waals surface area contributed by atoms with Gasteiger partial charge in [-0.1, -0.05) is 54.1 Å². The van der Waals surface area contributed by atoms with Crippen LogP contribution >= 0.6 is 0 Å². The molecule has 0 aliphatic carbocycles. The predicted octanol–water partition coefficient (Wildman–Crippen LogP) is 1.45. The lowest BCUT2D eigenvalue weighted by molar-refractivity contribution is -0.134. The second-order valence-corrected chi connectivity index (χ2v) is 6.80. The van der Waals surface area contributed by atoms with E-state index in [2.05, 4.69) is 17.2 Å². The van der Waals surface area contributed by atoms with Crippen LogP contribution in [0, 0.1) is 0 Å². The molecule has 2 aromatic carbocycles. The Morgan fingerprint density at radius 3 is 2.07 bits per heavy atom. The van der Waals surface area contributed by atoms with E-state index in [1.165, 1.54) is 0 Å². The molecule has 0 aliphatic rings. The van der Waals surface area contributed by atoms with Gasteiger partial charge in [-0.05, 0) is 31.0 Å². The van der Waals surface area contributed by atoms with Crippen LogP contribution in [-0.4, -0.2) is 35.0 Å². The van der Waals surface area contributed by atoms with Crippen molar-refractivity contribution in [3.05, 3.63) is 83.9 Å². The van der Waals surface area contributed by atoms with Crippen molar-refractivity contribution in [3.8, 4) is 0 Å². The Morgan fingerprint density at radius 2 is 1.55 bits per heavy atom. The molecular weight excluding hydrogens is 370 g/mol. The van der Waals surface area contributed by atoms with E-state index in [9.17, 15) is 19.5 Å². The van der Waals surface area contributed by atoms with Gasteiger partial charge in [0.15, 0.2) is 6.10 Å². The van der Waals surface area contributed by atoms with E-state index in [0.29, 0.717) is 16.7 Å². The highest BCUT2D eigenvalue weighted by Crippen LogP contribution is 2.19. The van der Waals surface area contributed by atoms with Crippen LogP contribution < -0.4 is 16.4 Å². The number of carbonyl (C=O) groups is 3. The van der Waals surface area contributed by atoms with E-state index in [0.717, 1.165) is 0 Å². The van der Waals surface area contributed by atoms with Gasteiger partial charge >= 0.3 is 0 Å². The number of benzene rings is 2. The van der Waals surface area contributed by atoms with Crippen molar-refractivity contribution >= 4 is 17.7 Å². The van der Waals surface area contributed by atoms with E-state index in [4.69, 9.17) is 5.73 Å². The fourth-order valence-corrected chi connectivity index (χ4v) is 2.80. The summed E-state index contributed by atoms with van der Waals surface area (Å²) in [6.45, 7) is 5.41. The van der Waals surface area contributed by atoms with Crippen molar-refractivity contribution < 1.29 is 19.5 Å². The van der Waals surface area contributed by atoms with Crippen LogP contribution in [0.4, 0.5) is 0 Å². The number of amides is 3. The molecule has 0 radical (unpaired) electrons. The molecule has 0 spiro atoms. The van der Waals surface area contributed by atoms with Gasteiger partial charge < -0.3 is 21.5 Å². The number of rotatable bonds is 9. The lowest BCUT2D eigenvalue weighted by Gasteiger charge is -2.26. The number of aliphatic hydroxyl groups is 1. The second kappa shape index (κ2) is 10.2. The van der Waals surface area contributed by atoms with Crippen LogP contribution in [0.1, 0.15) is 35.3 Å². The van der Waals surface area contributed by atoms with Gasteiger partial charge in [-0.15, -0.1) is 6.58 Å². The number of primary amides is 1. The highest BCUT2D eigenvalue weighted by molar-refractivity contribution is 5.95. The number of nitrogens with two attached hydrogens (primary N) is 1. The Hall–Kier alpha value is -3.45. The highest BCUT2D eigenvalue weighted by atomic mass is 16.3. The first kappa shape index (κ1) is 21.8. The number of hydrogen-bond acceptors (Lipinski definition) is 4. The molecule has 3 atom stereocenters. The standard InChI is InChI=1S/C22H25N3O4/c1-14(2)13-17(20(23)27)24-22(29)19(26)18(15-9-5-3-6-10-15)25-21(28)16-11-7-4-8-12-16/h3-12,17-19,26H,1,13H2,2H3,(H2,23,27)(H,24,29)(H,25,28)/t17-,18-,19+/m0/s1. The molecule has 0 saturated heterocycles. The number of carbonyl (C=O) groups excluding carboxylic acids is 3. The Kier molecular flexibility index (Phi) is 7.68. The van der Waals surface area contributed by atoms with Crippen LogP contribution in [-0.2, 0) is 9.59 Å². The molecule has 0 fully saturated rings. The quantitative estimate of drug-likeness (QED) is 0.480. The molecule has 3 amide bonds. The smallest absolute Gasteiger partial charge is 0.252 e. The van der Waals surface area contributed by atoms with Gasteiger partial charge in [0.05, 0.1) is 6.04 Å². The Labute approximate surface area is 169 Å². The van der Waals surface area contributed by atoms with E-state index < -0.39 is 35.9 Å². The Bertz CT molecular complexity index is 868. The molecule has 2 rings (SSSR count). The van der Waals surface area contributed by atoms with Crippen molar-refractivity contribution in [1.82, 2.24) is 10.6 Å². The summed E-state index contributed by atoms with van der Waals surface area (Å²) in [5, 5.41) is 15.8. The van der Waals surface area contributed by atoms with Gasteiger partial charge in [0, 0.05) is 5.56 Å². The molecule has 2 aromatic rings. The van der Waals surface area contributed by atoms with Crippen molar-refractivity contribution in [3.63, 3.8) is 0 Å². The predicted molar refractivity (Wildman–Crippen MR) is 110 cm³/mol. The molecule has 0 heterocycles. The van der Waals surface area contributed by atoms with Gasteiger partial charge in [0.25, 0.3) is 11.8 Å². The summed E-state index contributed by atoms with van der Waals surface area (Å²) in [6, 6.07) is 15.0. The molecule has 0 bridgehead atoms. The maximum absolute atomic E-state index is 12.6. The highest BCUT2D eigenvalue weighted by Gasteiger charge is 2.31. The molecule has 7 heteroatoms. The van der Waals surface area contributed by atoms with E-state index in [1.807, 2.05) is 0 Å². The third-order valence-electron chi connectivity index (χ3n) is 4.28. The van der Waals surface area contributed by atoms with E-state index >= 15 is 0 Å². The molecule has 0 unspecified atom stereocenters. The van der Waals surface area contributed by atoms with Gasteiger partial charge in [0.2, 0.25) is 5.91 Å². The van der Waals surface area contributed by atoms with Gasteiger partial charge in [-0.3, -0.25) is 14.4 Å². The van der Waals surface area contributed by atoms with Crippen LogP contribution in [0.2, 0.25) is 0 Å². The summed E-state index contributed by atoms with van der Waals surface area (Å²) in [6.07, 6.45) is -1.49. The number of hydrogen-bond donors (Lipinski definition) is 4. The zero-order valence-electron chi connectivity index (χ0n) is 16.2. The SMILES string of the molecule is C=C(C)C[C@H](NC(=O)[C@H](O)[C@@H](NC(=O)c1ccccc1)c1ccccc1)C(N)=O. The van der Waals surface area contributed by atoms with E-state index in [1.54, 1.807) is 67.6 Å². The summed E-state index contributed by atoms with van der Waals surface area (Å²) in [4.78, 5) is 36.8. The molecule has 0 aliphatic heterocycles. The maximum atomic E-state index is 12.6. The lowest BCUT2D eigenvalue weighted by atomic mass is 9.99. The van der Waals surface area contributed by atoms with Crippen molar-refractivity contribution in [2.24, 2.45) is 5.73 Å². The van der Waals surface area contributed by atoms with Crippen molar-refractivity contribution in [2.75, 3.05) is 0 Å². The molecular formula is C22H25N3O4. The fourth-order valence-electron chi connectivity index (χ4n) is 2.80. The summed E-state index contributed by atoms with van der Waals surface area (Å²) >= 11 is 0. The van der Waals surface area contributed by atoms with E-state index in [-0.39, 0.29) is 6.42 Å². The first-order valence-corrected chi connectivity index (χ1v) is 9.12. The molecule has 5 N–H and O–H groups in total. The third-order valence-corrected chi connectivity index (χ3v) is 4.28. The normalized spacial score (nSPS) is 13.6. The molecule has 29 heavy (non-hydrogen) atoms. The fraction of sp³-hybridized carbons (Fsp3) is 0.227. The third kappa shape index (κ3) is 6.29. The average Bonchev–Trinajstić information content (AvgIpc) is 2.71. The lowest BCUT2D eigenvalue weighted by Crippen LogP contribution is -2.51. The molecule has 0 aromatic heterocycles. The van der Waals surface area contributed by atoms with Crippen LogP contribution in [0.15, 0.2) is 72.8 Å². The zero-order valence-corrected chi connectivity index (χ0v) is 16.2. The summed E-state index contributed by atoms with van der Waals surface area (Å²) < 4.78 is 0. The maximum Gasteiger partial charge on any atom is 0.252 e. The largest absolute Gasteiger partial charge is 0.381 e. The topological polar surface area (TPSA) is 122 Å². The molecule has 7 nitrogen and oxygen atoms in total. The molecule has 152 valence electrons. The number of aliphatic hydroxyl groups excluding tert-OH is 1. The minimum atomic E-state index is -1.64. The molecule has 0 saturated carbocycles. The Balaban J connectivity index is 2.23. The summed E-state index contributed by atoms with van der Waals surface area (Å²) in [5.74, 6) is -2.00. The van der Waals surface area contributed by atoms with Gasteiger partial charge in [0.1, 0.15) is 6.04 Å². The first-order valence-electron chi connectivity index (χ1n) is 9.12. The minimum absolute atomic E-state index is 0.153.